The number of nitrogens with two attached hydrogens (primary N) is 1. The van der Waals surface area contributed by atoms with Gasteiger partial charge in [0, 0.05) is 36.1 Å². The number of likely N-dealkylation sites (tertiary alicyclic amines) is 1. The van der Waals surface area contributed by atoms with Gasteiger partial charge in [0.15, 0.2) is 0 Å². The van der Waals surface area contributed by atoms with Crippen LogP contribution < -0.4 is 11.3 Å². The molecule has 3 rings (SSSR count). The second-order valence-electron chi connectivity index (χ2n) is 4.56. The fourth-order valence-electron chi connectivity index (χ4n) is 2.23. The van der Waals surface area contributed by atoms with Crippen molar-refractivity contribution in [2.24, 2.45) is 5.73 Å². The molecule has 1 amide bonds. The number of pyridine rings is 1. The van der Waals surface area contributed by atoms with E-state index in [1.165, 1.54) is 6.07 Å². The number of para-hydroxylation sites is 1. The maximum absolute atomic E-state index is 12.3. The number of benzene rings is 1. The van der Waals surface area contributed by atoms with Gasteiger partial charge in [-0.05, 0) is 6.07 Å². The summed E-state index contributed by atoms with van der Waals surface area (Å²) in [6.45, 7) is 1.11. The first kappa shape index (κ1) is 11.0. The predicted octanol–water partition coefficient (Wildman–Crippen LogP) is 0.311. The van der Waals surface area contributed by atoms with Crippen LogP contribution in [0.4, 0.5) is 0 Å². The number of nitrogens with zero attached hydrogens (tertiary/aromatic N) is 1. The van der Waals surface area contributed by atoms with Gasteiger partial charge in [-0.15, -0.1) is 0 Å². The standard InChI is InChI=1S/C13H13N3O2/c14-8-6-16(7-8)13(18)10-5-12(17)15-11-4-2-1-3-9(10)11/h1-5,8H,6-7,14H2,(H,15,17). The lowest BCUT2D eigenvalue weighted by Gasteiger charge is -2.37. The molecule has 0 radical (unpaired) electrons. The number of carbonyl (C=O) groups excluding carboxylic acids is 1. The van der Waals surface area contributed by atoms with Crippen LogP contribution in [-0.2, 0) is 0 Å². The molecule has 1 fully saturated rings. The molecule has 0 atom stereocenters. The van der Waals surface area contributed by atoms with Crippen LogP contribution in [0.1, 0.15) is 10.4 Å². The highest BCUT2D eigenvalue weighted by molar-refractivity contribution is 6.06. The number of aromatic nitrogens is 1. The molecule has 1 aliphatic heterocycles. The van der Waals surface area contributed by atoms with Crippen molar-refractivity contribution in [2.45, 2.75) is 6.04 Å². The highest BCUT2D eigenvalue weighted by Gasteiger charge is 2.29. The number of H-pyrrole nitrogens is 1. The number of aromatic amines is 1. The molecule has 0 spiro atoms. The molecule has 1 aromatic heterocycles. The highest BCUT2D eigenvalue weighted by Crippen LogP contribution is 2.18. The Morgan fingerprint density at radius 1 is 1.33 bits per heavy atom. The van der Waals surface area contributed by atoms with Crippen molar-refractivity contribution in [3.05, 3.63) is 46.2 Å². The smallest absolute Gasteiger partial charge is 0.254 e. The van der Waals surface area contributed by atoms with Gasteiger partial charge in [-0.3, -0.25) is 9.59 Å². The first-order valence-corrected chi connectivity index (χ1v) is 5.82. The van der Waals surface area contributed by atoms with Crippen LogP contribution in [0.5, 0.6) is 0 Å². The molecule has 5 heteroatoms. The minimum atomic E-state index is -0.262. The molecule has 92 valence electrons. The molecule has 3 N–H and O–H groups in total. The number of carbonyl (C=O) groups is 1. The molecule has 2 aromatic rings. The van der Waals surface area contributed by atoms with Gasteiger partial charge in [0.05, 0.1) is 5.56 Å². The van der Waals surface area contributed by atoms with E-state index in [0.29, 0.717) is 24.2 Å². The van der Waals surface area contributed by atoms with Gasteiger partial charge in [0.25, 0.3) is 5.91 Å². The molecular formula is C13H13N3O2. The van der Waals surface area contributed by atoms with E-state index >= 15 is 0 Å². The van der Waals surface area contributed by atoms with Crippen molar-refractivity contribution in [3.63, 3.8) is 0 Å². The molecule has 2 heterocycles. The van der Waals surface area contributed by atoms with Crippen LogP contribution >= 0.6 is 0 Å². The summed E-state index contributed by atoms with van der Waals surface area (Å²) in [5.74, 6) is -0.126. The monoisotopic (exact) mass is 243 g/mol. The Balaban J connectivity index is 2.10. The summed E-state index contributed by atoms with van der Waals surface area (Å²) in [4.78, 5) is 28.2. The lowest BCUT2D eigenvalue weighted by Crippen LogP contribution is -2.57. The highest BCUT2D eigenvalue weighted by atomic mass is 16.2. The Bertz CT molecular complexity index is 671. The van der Waals surface area contributed by atoms with E-state index < -0.39 is 0 Å². The maximum atomic E-state index is 12.3. The second kappa shape index (κ2) is 3.96. The molecule has 0 bridgehead atoms. The quantitative estimate of drug-likeness (QED) is 0.756. The number of hydrogen-bond donors (Lipinski definition) is 2. The molecule has 1 aliphatic rings. The number of hydrogen-bond acceptors (Lipinski definition) is 3. The Labute approximate surface area is 103 Å². The minimum absolute atomic E-state index is 0.0576. The Morgan fingerprint density at radius 3 is 2.78 bits per heavy atom. The molecule has 0 unspecified atom stereocenters. The summed E-state index contributed by atoms with van der Waals surface area (Å²) in [5.41, 5.74) is 6.53. The van der Waals surface area contributed by atoms with E-state index in [1.54, 1.807) is 11.0 Å². The van der Waals surface area contributed by atoms with Crippen molar-refractivity contribution in [1.29, 1.82) is 0 Å². The average molecular weight is 243 g/mol. The van der Waals surface area contributed by atoms with Gasteiger partial charge in [0.2, 0.25) is 5.56 Å². The van der Waals surface area contributed by atoms with E-state index in [-0.39, 0.29) is 17.5 Å². The minimum Gasteiger partial charge on any atom is -0.335 e. The number of rotatable bonds is 1. The fourth-order valence-corrected chi connectivity index (χ4v) is 2.23. The average Bonchev–Trinajstić information content (AvgIpc) is 2.33. The molecule has 1 aromatic carbocycles. The Morgan fingerprint density at radius 2 is 2.06 bits per heavy atom. The van der Waals surface area contributed by atoms with Gasteiger partial charge in [-0.25, -0.2) is 0 Å². The van der Waals surface area contributed by atoms with Crippen molar-refractivity contribution < 1.29 is 4.79 Å². The third-order valence-corrected chi connectivity index (χ3v) is 3.18. The van der Waals surface area contributed by atoms with E-state index in [1.807, 2.05) is 18.2 Å². The molecule has 5 nitrogen and oxygen atoms in total. The zero-order chi connectivity index (χ0) is 12.7. The Hall–Kier alpha value is -2.14. The first-order valence-electron chi connectivity index (χ1n) is 5.82. The van der Waals surface area contributed by atoms with Crippen LogP contribution in [0.25, 0.3) is 10.9 Å². The SMILES string of the molecule is NC1CN(C(=O)c2cc(=O)[nH]c3ccccc23)C1. The van der Waals surface area contributed by atoms with Gasteiger partial charge in [-0.2, -0.15) is 0 Å². The molecular weight excluding hydrogens is 230 g/mol. The van der Waals surface area contributed by atoms with Gasteiger partial charge in [-0.1, -0.05) is 18.2 Å². The summed E-state index contributed by atoms with van der Waals surface area (Å²) < 4.78 is 0. The first-order chi connectivity index (χ1) is 8.65. The van der Waals surface area contributed by atoms with Crippen LogP contribution in [0.3, 0.4) is 0 Å². The summed E-state index contributed by atoms with van der Waals surface area (Å²) >= 11 is 0. The van der Waals surface area contributed by atoms with E-state index in [2.05, 4.69) is 4.98 Å². The number of amides is 1. The fraction of sp³-hybridized carbons (Fsp3) is 0.231. The van der Waals surface area contributed by atoms with Crippen molar-refractivity contribution >= 4 is 16.8 Å². The molecule has 0 aliphatic carbocycles. The number of nitrogens with one attached hydrogen (secondary N) is 1. The largest absolute Gasteiger partial charge is 0.335 e. The lowest BCUT2D eigenvalue weighted by atomic mass is 10.0. The molecule has 0 saturated carbocycles. The van der Waals surface area contributed by atoms with Crippen molar-refractivity contribution in [3.8, 4) is 0 Å². The third-order valence-electron chi connectivity index (χ3n) is 3.18. The topological polar surface area (TPSA) is 79.2 Å². The normalized spacial score (nSPS) is 15.7. The van der Waals surface area contributed by atoms with Crippen molar-refractivity contribution in [1.82, 2.24) is 9.88 Å². The van der Waals surface area contributed by atoms with Crippen LogP contribution in [0.15, 0.2) is 35.1 Å². The second-order valence-corrected chi connectivity index (χ2v) is 4.56. The van der Waals surface area contributed by atoms with Gasteiger partial charge >= 0.3 is 0 Å². The maximum Gasteiger partial charge on any atom is 0.254 e. The third kappa shape index (κ3) is 1.69. The van der Waals surface area contributed by atoms with E-state index in [0.717, 1.165) is 5.39 Å². The summed E-state index contributed by atoms with van der Waals surface area (Å²) in [6.07, 6.45) is 0. The number of fused-ring (bicyclic) bond motifs is 1. The van der Waals surface area contributed by atoms with Gasteiger partial charge < -0.3 is 15.6 Å². The summed E-state index contributed by atoms with van der Waals surface area (Å²) in [6, 6.07) is 8.70. The summed E-state index contributed by atoms with van der Waals surface area (Å²) in [7, 11) is 0. The predicted molar refractivity (Wildman–Crippen MR) is 68.4 cm³/mol. The summed E-state index contributed by atoms with van der Waals surface area (Å²) in [5, 5.41) is 0.766. The molecule has 18 heavy (non-hydrogen) atoms. The van der Waals surface area contributed by atoms with Crippen LogP contribution in [0, 0.1) is 0 Å². The van der Waals surface area contributed by atoms with Crippen LogP contribution in [0.2, 0.25) is 0 Å². The zero-order valence-electron chi connectivity index (χ0n) is 9.72. The van der Waals surface area contributed by atoms with Crippen LogP contribution in [-0.4, -0.2) is 34.9 Å². The zero-order valence-corrected chi connectivity index (χ0v) is 9.72. The molecule has 1 saturated heterocycles. The Kier molecular flexibility index (Phi) is 2.41. The van der Waals surface area contributed by atoms with Crippen molar-refractivity contribution in [2.75, 3.05) is 13.1 Å². The van der Waals surface area contributed by atoms with E-state index in [4.69, 9.17) is 5.73 Å². The van der Waals surface area contributed by atoms with E-state index in [9.17, 15) is 9.59 Å². The lowest BCUT2D eigenvalue weighted by molar-refractivity contribution is 0.0610. The van der Waals surface area contributed by atoms with Gasteiger partial charge in [0.1, 0.15) is 0 Å².